The van der Waals surface area contributed by atoms with Crippen molar-refractivity contribution in [2.24, 2.45) is 5.92 Å². The SMILES string of the molecule is CC1CN(c2ncccc2C(=O)NS(=O)(=O)c2cccc(Oc3c(F)cc(F)cc3F)n2)C(C)(C)C1. The second-order valence-corrected chi connectivity index (χ2v) is 10.8. The van der Waals surface area contributed by atoms with Gasteiger partial charge in [0.2, 0.25) is 11.6 Å². The predicted molar refractivity (Wildman–Crippen MR) is 125 cm³/mol. The third-order valence-electron chi connectivity index (χ3n) is 5.73. The number of nitrogens with zero attached hydrogens (tertiary/aromatic N) is 3. The number of rotatable bonds is 6. The molecule has 190 valence electrons. The summed E-state index contributed by atoms with van der Waals surface area (Å²) in [6, 6.07) is 7.26. The monoisotopic (exact) mass is 520 g/mol. The van der Waals surface area contributed by atoms with Gasteiger partial charge in [-0.3, -0.25) is 4.79 Å². The second-order valence-electron chi connectivity index (χ2n) is 9.16. The fourth-order valence-corrected chi connectivity index (χ4v) is 5.24. The molecule has 8 nitrogen and oxygen atoms in total. The van der Waals surface area contributed by atoms with Crippen LogP contribution in [0.5, 0.6) is 11.6 Å². The first kappa shape index (κ1) is 25.4. The molecule has 36 heavy (non-hydrogen) atoms. The van der Waals surface area contributed by atoms with E-state index in [4.69, 9.17) is 4.74 Å². The van der Waals surface area contributed by atoms with Gasteiger partial charge in [0.05, 0.1) is 5.56 Å². The highest BCUT2D eigenvalue weighted by molar-refractivity contribution is 7.90. The molecule has 1 aliphatic rings. The Morgan fingerprint density at radius 3 is 2.47 bits per heavy atom. The summed E-state index contributed by atoms with van der Waals surface area (Å²) in [5, 5.41) is -0.628. The van der Waals surface area contributed by atoms with E-state index in [1.165, 1.54) is 24.4 Å². The molecule has 1 aliphatic heterocycles. The zero-order valence-electron chi connectivity index (χ0n) is 19.6. The molecule has 1 amide bonds. The summed E-state index contributed by atoms with van der Waals surface area (Å²) in [4.78, 5) is 23.1. The van der Waals surface area contributed by atoms with E-state index in [0.717, 1.165) is 18.6 Å². The quantitative estimate of drug-likeness (QED) is 0.513. The van der Waals surface area contributed by atoms with E-state index in [2.05, 4.69) is 16.9 Å². The Bertz CT molecular complexity index is 1410. The summed E-state index contributed by atoms with van der Waals surface area (Å²) >= 11 is 0. The van der Waals surface area contributed by atoms with Gasteiger partial charge in [0.15, 0.2) is 16.7 Å². The zero-order valence-corrected chi connectivity index (χ0v) is 20.4. The Labute approximate surface area is 206 Å². The van der Waals surface area contributed by atoms with Gasteiger partial charge in [0.1, 0.15) is 11.6 Å². The summed E-state index contributed by atoms with van der Waals surface area (Å²) in [5.74, 6) is -5.47. The van der Waals surface area contributed by atoms with Crippen LogP contribution in [-0.2, 0) is 10.0 Å². The van der Waals surface area contributed by atoms with Crippen molar-refractivity contribution in [1.29, 1.82) is 0 Å². The topological polar surface area (TPSA) is 101 Å². The van der Waals surface area contributed by atoms with Crippen LogP contribution in [-0.4, -0.2) is 36.4 Å². The molecule has 1 atom stereocenters. The first-order valence-corrected chi connectivity index (χ1v) is 12.4. The maximum Gasteiger partial charge on any atom is 0.281 e. The molecule has 1 aromatic carbocycles. The lowest BCUT2D eigenvalue weighted by molar-refractivity contribution is 0.0981. The number of ether oxygens (including phenoxy) is 1. The van der Waals surface area contributed by atoms with Crippen molar-refractivity contribution in [3.8, 4) is 11.6 Å². The molecule has 0 spiro atoms. The number of amides is 1. The molecule has 1 N–H and O–H groups in total. The Morgan fingerprint density at radius 1 is 1.14 bits per heavy atom. The third-order valence-corrected chi connectivity index (χ3v) is 6.96. The largest absolute Gasteiger partial charge is 0.433 e. The smallest absolute Gasteiger partial charge is 0.281 e. The summed E-state index contributed by atoms with van der Waals surface area (Å²) in [7, 11) is -4.51. The molecule has 0 radical (unpaired) electrons. The molecule has 0 aliphatic carbocycles. The molecule has 1 unspecified atom stereocenters. The summed E-state index contributed by atoms with van der Waals surface area (Å²) in [6.45, 7) is 6.77. The molecule has 1 fully saturated rings. The van der Waals surface area contributed by atoms with Gasteiger partial charge in [-0.2, -0.15) is 13.4 Å². The van der Waals surface area contributed by atoms with Crippen LogP contribution in [0.15, 0.2) is 53.7 Å². The summed E-state index contributed by atoms with van der Waals surface area (Å²) < 4.78 is 73.8. The molecule has 3 heterocycles. The first-order chi connectivity index (χ1) is 16.9. The molecule has 1 saturated heterocycles. The zero-order chi connectivity index (χ0) is 26.3. The molecule has 0 saturated carbocycles. The fraction of sp³-hybridized carbons (Fsp3) is 0.292. The standard InChI is InChI=1S/C24H23F3N4O4S/c1-14-12-24(2,3)31(13-14)22-16(6-5-9-28-22)23(32)30-36(33,34)20-8-4-7-19(29-20)35-21-17(26)10-15(25)11-18(21)27/h4-11,14H,12-13H2,1-3H3,(H,30,32). The number of aromatic nitrogens is 2. The predicted octanol–water partition coefficient (Wildman–Crippen LogP) is 4.43. The van der Waals surface area contributed by atoms with Crippen molar-refractivity contribution in [3.63, 3.8) is 0 Å². The van der Waals surface area contributed by atoms with Crippen LogP contribution < -0.4 is 14.4 Å². The minimum absolute atomic E-state index is 0.0612. The highest BCUT2D eigenvalue weighted by atomic mass is 32.2. The number of carbonyl (C=O) groups is 1. The van der Waals surface area contributed by atoms with E-state index in [-0.39, 0.29) is 11.1 Å². The van der Waals surface area contributed by atoms with Crippen LogP contribution in [0.25, 0.3) is 0 Å². The van der Waals surface area contributed by atoms with Gasteiger partial charge < -0.3 is 9.64 Å². The Balaban J connectivity index is 1.59. The lowest BCUT2D eigenvalue weighted by Gasteiger charge is -2.33. The van der Waals surface area contributed by atoms with Crippen LogP contribution in [0.4, 0.5) is 19.0 Å². The van der Waals surface area contributed by atoms with E-state index >= 15 is 0 Å². The highest BCUT2D eigenvalue weighted by Gasteiger charge is 2.39. The van der Waals surface area contributed by atoms with E-state index in [1.807, 2.05) is 23.5 Å². The number of halogens is 3. The van der Waals surface area contributed by atoms with Gasteiger partial charge in [0.25, 0.3) is 15.9 Å². The number of hydrogen-bond donors (Lipinski definition) is 1. The van der Waals surface area contributed by atoms with Crippen LogP contribution >= 0.6 is 0 Å². The van der Waals surface area contributed by atoms with Crippen molar-refractivity contribution >= 4 is 21.7 Å². The number of sulfonamides is 1. The molecular weight excluding hydrogens is 497 g/mol. The molecule has 3 aromatic rings. The number of carbonyl (C=O) groups excluding carboxylic acids is 1. The Kier molecular flexibility index (Phi) is 6.65. The minimum atomic E-state index is -4.51. The van der Waals surface area contributed by atoms with Crippen LogP contribution in [0.3, 0.4) is 0 Å². The van der Waals surface area contributed by atoms with Crippen LogP contribution in [0.2, 0.25) is 0 Å². The average Bonchev–Trinajstić information content (AvgIpc) is 3.07. The number of hydrogen-bond acceptors (Lipinski definition) is 7. The van der Waals surface area contributed by atoms with Gasteiger partial charge in [0, 0.05) is 36.5 Å². The van der Waals surface area contributed by atoms with E-state index in [0.29, 0.717) is 30.4 Å². The van der Waals surface area contributed by atoms with Crippen molar-refractivity contribution in [3.05, 3.63) is 71.7 Å². The van der Waals surface area contributed by atoms with Crippen LogP contribution in [0.1, 0.15) is 37.6 Å². The first-order valence-electron chi connectivity index (χ1n) is 11.0. The van der Waals surface area contributed by atoms with Gasteiger partial charge >= 0.3 is 0 Å². The van der Waals surface area contributed by atoms with Crippen LogP contribution in [0, 0.1) is 23.4 Å². The van der Waals surface area contributed by atoms with Gasteiger partial charge in [-0.25, -0.2) is 22.9 Å². The maximum absolute atomic E-state index is 13.9. The Morgan fingerprint density at radius 2 is 1.83 bits per heavy atom. The summed E-state index contributed by atoms with van der Waals surface area (Å²) in [5.41, 5.74) is -0.231. The van der Waals surface area contributed by atoms with Crippen molar-refractivity contribution in [1.82, 2.24) is 14.7 Å². The lowest BCUT2D eigenvalue weighted by atomic mass is 9.97. The van der Waals surface area contributed by atoms with Crippen molar-refractivity contribution in [2.45, 2.75) is 37.8 Å². The molecule has 2 aromatic heterocycles. The number of pyridine rings is 2. The number of nitrogens with one attached hydrogen (secondary N) is 1. The highest BCUT2D eigenvalue weighted by Crippen LogP contribution is 2.37. The van der Waals surface area contributed by atoms with E-state index in [9.17, 15) is 26.4 Å². The minimum Gasteiger partial charge on any atom is -0.433 e. The van der Waals surface area contributed by atoms with Gasteiger partial charge in [-0.05, 0) is 44.4 Å². The van der Waals surface area contributed by atoms with E-state index in [1.54, 1.807) is 0 Å². The maximum atomic E-state index is 13.9. The van der Waals surface area contributed by atoms with Crippen molar-refractivity contribution in [2.75, 3.05) is 11.4 Å². The molecular formula is C24H23F3N4O4S. The number of anilines is 1. The molecule has 12 heteroatoms. The average molecular weight is 521 g/mol. The molecule has 0 bridgehead atoms. The normalized spacial score (nSPS) is 17.2. The fourth-order valence-electron chi connectivity index (χ4n) is 4.31. The second kappa shape index (κ2) is 9.41. The lowest BCUT2D eigenvalue weighted by Crippen LogP contribution is -2.41. The van der Waals surface area contributed by atoms with Crippen molar-refractivity contribution < 1.29 is 31.1 Å². The molecule has 4 rings (SSSR count). The van der Waals surface area contributed by atoms with Gasteiger partial charge in [-0.1, -0.05) is 13.0 Å². The third kappa shape index (κ3) is 5.13. The summed E-state index contributed by atoms with van der Waals surface area (Å²) in [6.07, 6.45) is 2.39. The van der Waals surface area contributed by atoms with E-state index < -0.39 is 50.0 Å². The number of benzene rings is 1. The van der Waals surface area contributed by atoms with Gasteiger partial charge in [-0.15, -0.1) is 0 Å². The Hall–Kier alpha value is -3.67.